The van der Waals surface area contributed by atoms with Crippen molar-refractivity contribution in [1.82, 2.24) is 15.6 Å². The standard InChI is InChI=1S/C19H28N4O2/c1-14-7-9-17(10-8-14)24-12-6-5-11-21-19(20-4)22-13-18-23-15(2)16(3)25-18/h7-10H,5-6,11-13H2,1-4H3,(H2,20,21,22). The number of ether oxygens (including phenoxy) is 1. The lowest BCUT2D eigenvalue weighted by molar-refractivity contribution is 0.307. The molecule has 0 aliphatic heterocycles. The highest BCUT2D eigenvalue weighted by atomic mass is 16.5. The lowest BCUT2D eigenvalue weighted by Gasteiger charge is -2.11. The average molecular weight is 344 g/mol. The van der Waals surface area contributed by atoms with Gasteiger partial charge in [-0.1, -0.05) is 17.7 Å². The number of aromatic nitrogens is 1. The van der Waals surface area contributed by atoms with Crippen molar-refractivity contribution >= 4 is 5.96 Å². The third kappa shape index (κ3) is 6.49. The van der Waals surface area contributed by atoms with Crippen LogP contribution in [0.15, 0.2) is 33.7 Å². The number of benzene rings is 1. The Morgan fingerprint density at radius 3 is 2.52 bits per heavy atom. The van der Waals surface area contributed by atoms with Crippen molar-refractivity contribution in [2.24, 2.45) is 4.99 Å². The number of nitrogens with zero attached hydrogens (tertiary/aromatic N) is 2. The van der Waals surface area contributed by atoms with Gasteiger partial charge in [0.2, 0.25) is 5.89 Å². The predicted molar refractivity (Wildman–Crippen MR) is 100 cm³/mol. The van der Waals surface area contributed by atoms with E-state index < -0.39 is 0 Å². The molecular weight excluding hydrogens is 316 g/mol. The molecule has 2 N–H and O–H groups in total. The molecule has 0 amide bonds. The topological polar surface area (TPSA) is 71.7 Å². The second kappa shape index (κ2) is 9.71. The van der Waals surface area contributed by atoms with Crippen LogP contribution in [-0.4, -0.2) is 31.1 Å². The van der Waals surface area contributed by atoms with Gasteiger partial charge in [-0.05, 0) is 45.7 Å². The molecule has 0 radical (unpaired) electrons. The molecule has 2 aromatic rings. The maximum absolute atomic E-state index is 5.72. The first-order valence-electron chi connectivity index (χ1n) is 8.65. The average Bonchev–Trinajstić information content (AvgIpc) is 2.93. The van der Waals surface area contributed by atoms with Crippen LogP contribution in [0, 0.1) is 20.8 Å². The van der Waals surface area contributed by atoms with Crippen molar-refractivity contribution < 1.29 is 9.15 Å². The zero-order valence-electron chi connectivity index (χ0n) is 15.6. The van der Waals surface area contributed by atoms with E-state index >= 15 is 0 Å². The fourth-order valence-corrected chi connectivity index (χ4v) is 2.25. The van der Waals surface area contributed by atoms with Gasteiger partial charge in [0.25, 0.3) is 0 Å². The Hall–Kier alpha value is -2.50. The van der Waals surface area contributed by atoms with Crippen LogP contribution < -0.4 is 15.4 Å². The maximum atomic E-state index is 5.72. The number of hydrogen-bond donors (Lipinski definition) is 2. The first-order chi connectivity index (χ1) is 12.1. The third-order valence-corrected chi connectivity index (χ3v) is 3.86. The molecule has 136 valence electrons. The summed E-state index contributed by atoms with van der Waals surface area (Å²) in [5, 5.41) is 6.48. The minimum atomic E-state index is 0.519. The van der Waals surface area contributed by atoms with Crippen LogP contribution in [-0.2, 0) is 6.54 Å². The van der Waals surface area contributed by atoms with Gasteiger partial charge < -0.3 is 19.8 Å². The molecule has 0 unspecified atom stereocenters. The summed E-state index contributed by atoms with van der Waals surface area (Å²) < 4.78 is 11.3. The molecule has 6 heteroatoms. The summed E-state index contributed by atoms with van der Waals surface area (Å²) in [5.41, 5.74) is 2.17. The first-order valence-corrected chi connectivity index (χ1v) is 8.65. The second-order valence-corrected chi connectivity index (χ2v) is 5.97. The van der Waals surface area contributed by atoms with Crippen molar-refractivity contribution in [3.8, 4) is 5.75 Å². The molecule has 0 aliphatic carbocycles. The summed E-state index contributed by atoms with van der Waals surface area (Å²) in [4.78, 5) is 8.54. The van der Waals surface area contributed by atoms with E-state index in [-0.39, 0.29) is 0 Å². The molecule has 1 aromatic carbocycles. The van der Waals surface area contributed by atoms with E-state index in [1.54, 1.807) is 7.05 Å². The number of unbranched alkanes of at least 4 members (excludes halogenated alkanes) is 1. The Kier molecular flexibility index (Phi) is 7.32. The van der Waals surface area contributed by atoms with Crippen molar-refractivity contribution in [2.45, 2.75) is 40.2 Å². The summed E-state index contributed by atoms with van der Waals surface area (Å²) in [5.74, 6) is 3.19. The van der Waals surface area contributed by atoms with Crippen LogP contribution in [0.4, 0.5) is 0 Å². The lowest BCUT2D eigenvalue weighted by atomic mass is 10.2. The number of hydrogen-bond acceptors (Lipinski definition) is 4. The SMILES string of the molecule is CN=C(NCCCCOc1ccc(C)cc1)NCc1nc(C)c(C)o1. The molecule has 0 saturated heterocycles. The Labute approximate surface area is 149 Å². The fourth-order valence-electron chi connectivity index (χ4n) is 2.25. The number of aryl methyl sites for hydroxylation is 3. The number of oxazole rings is 1. The van der Waals surface area contributed by atoms with Gasteiger partial charge in [0.05, 0.1) is 18.8 Å². The number of guanidine groups is 1. The molecule has 0 spiro atoms. The van der Waals surface area contributed by atoms with Crippen LogP contribution in [0.3, 0.4) is 0 Å². The van der Waals surface area contributed by atoms with E-state index in [9.17, 15) is 0 Å². The van der Waals surface area contributed by atoms with Crippen LogP contribution >= 0.6 is 0 Å². The fraction of sp³-hybridized carbons (Fsp3) is 0.474. The minimum Gasteiger partial charge on any atom is -0.494 e. The van der Waals surface area contributed by atoms with Crippen LogP contribution in [0.25, 0.3) is 0 Å². The zero-order valence-corrected chi connectivity index (χ0v) is 15.6. The van der Waals surface area contributed by atoms with E-state index in [1.807, 2.05) is 26.0 Å². The van der Waals surface area contributed by atoms with Crippen molar-refractivity contribution in [2.75, 3.05) is 20.2 Å². The van der Waals surface area contributed by atoms with Gasteiger partial charge >= 0.3 is 0 Å². The van der Waals surface area contributed by atoms with Gasteiger partial charge in [-0.25, -0.2) is 4.98 Å². The molecule has 0 bridgehead atoms. The largest absolute Gasteiger partial charge is 0.494 e. The van der Waals surface area contributed by atoms with E-state index in [1.165, 1.54) is 5.56 Å². The second-order valence-electron chi connectivity index (χ2n) is 5.97. The van der Waals surface area contributed by atoms with E-state index in [4.69, 9.17) is 9.15 Å². The molecule has 1 aromatic heterocycles. The predicted octanol–water partition coefficient (Wildman–Crippen LogP) is 3.12. The first kappa shape index (κ1) is 18.8. The molecule has 6 nitrogen and oxygen atoms in total. The quantitative estimate of drug-likeness (QED) is 0.437. The monoisotopic (exact) mass is 344 g/mol. The highest BCUT2D eigenvalue weighted by molar-refractivity contribution is 5.79. The van der Waals surface area contributed by atoms with Gasteiger partial charge in [0.15, 0.2) is 5.96 Å². The maximum Gasteiger partial charge on any atom is 0.214 e. The smallest absolute Gasteiger partial charge is 0.214 e. The van der Waals surface area contributed by atoms with Gasteiger partial charge in [-0.3, -0.25) is 4.99 Å². The zero-order chi connectivity index (χ0) is 18.1. The molecule has 0 saturated carbocycles. The Morgan fingerprint density at radius 1 is 1.12 bits per heavy atom. The Balaban J connectivity index is 1.58. The molecule has 2 rings (SSSR count). The summed E-state index contributed by atoms with van der Waals surface area (Å²) in [6.07, 6.45) is 1.99. The van der Waals surface area contributed by atoms with Gasteiger partial charge in [-0.15, -0.1) is 0 Å². The van der Waals surface area contributed by atoms with Crippen LogP contribution in [0.1, 0.15) is 35.7 Å². The minimum absolute atomic E-state index is 0.519. The van der Waals surface area contributed by atoms with Crippen molar-refractivity contribution in [3.05, 3.63) is 47.2 Å². The van der Waals surface area contributed by atoms with Gasteiger partial charge in [-0.2, -0.15) is 0 Å². The summed E-state index contributed by atoms with van der Waals surface area (Å²) in [7, 11) is 1.75. The number of rotatable bonds is 8. The number of aliphatic imine (C=N–C) groups is 1. The third-order valence-electron chi connectivity index (χ3n) is 3.86. The molecule has 0 aliphatic rings. The highest BCUT2D eigenvalue weighted by Crippen LogP contribution is 2.11. The van der Waals surface area contributed by atoms with Crippen molar-refractivity contribution in [1.29, 1.82) is 0 Å². The van der Waals surface area contributed by atoms with E-state index in [0.717, 1.165) is 42.5 Å². The highest BCUT2D eigenvalue weighted by Gasteiger charge is 2.06. The van der Waals surface area contributed by atoms with Crippen LogP contribution in [0.2, 0.25) is 0 Å². The summed E-state index contributed by atoms with van der Waals surface area (Å²) >= 11 is 0. The van der Waals surface area contributed by atoms with Gasteiger partial charge in [0.1, 0.15) is 11.5 Å². The van der Waals surface area contributed by atoms with Crippen molar-refractivity contribution in [3.63, 3.8) is 0 Å². The molecule has 0 fully saturated rings. The van der Waals surface area contributed by atoms with Gasteiger partial charge in [0, 0.05) is 13.6 Å². The van der Waals surface area contributed by atoms with Crippen LogP contribution in [0.5, 0.6) is 5.75 Å². The van der Waals surface area contributed by atoms with E-state index in [2.05, 4.69) is 39.7 Å². The van der Waals surface area contributed by atoms with E-state index in [0.29, 0.717) is 19.0 Å². The summed E-state index contributed by atoms with van der Waals surface area (Å²) in [6.45, 7) is 7.99. The number of nitrogens with one attached hydrogen (secondary N) is 2. The molecule has 1 heterocycles. The normalized spacial score (nSPS) is 11.4. The molecular formula is C19H28N4O2. The molecule has 25 heavy (non-hydrogen) atoms. The Morgan fingerprint density at radius 2 is 1.88 bits per heavy atom. The Bertz CT molecular complexity index is 658. The summed E-state index contributed by atoms with van der Waals surface area (Å²) in [6, 6.07) is 8.13. The molecule has 0 atom stereocenters. The lowest BCUT2D eigenvalue weighted by Crippen LogP contribution is -2.37.